The molecule has 1 aromatic rings. The molecule has 1 saturated heterocycles. The minimum absolute atomic E-state index is 0.348. The summed E-state index contributed by atoms with van der Waals surface area (Å²) in [5, 5.41) is 3.36. The van der Waals surface area contributed by atoms with Gasteiger partial charge in [0.2, 0.25) is 0 Å². The zero-order valence-electron chi connectivity index (χ0n) is 12.8. The van der Waals surface area contributed by atoms with Crippen LogP contribution in [-0.2, 0) is 4.74 Å². The molecule has 3 N–H and O–H groups in total. The number of methoxy groups -OCH3 is 1. The molecule has 6 nitrogen and oxygen atoms in total. The molecule has 0 atom stereocenters. The highest BCUT2D eigenvalue weighted by molar-refractivity contribution is 5.97. The molecule has 0 aromatic carbocycles. The number of aromatic nitrogens is 1. The highest BCUT2D eigenvalue weighted by Crippen LogP contribution is 2.23. The van der Waals surface area contributed by atoms with Crippen molar-refractivity contribution in [1.29, 1.82) is 0 Å². The summed E-state index contributed by atoms with van der Waals surface area (Å²) in [5.41, 5.74) is 6.74. The topological polar surface area (TPSA) is 80.5 Å². The Morgan fingerprint density at radius 3 is 2.86 bits per heavy atom. The van der Waals surface area contributed by atoms with Crippen molar-refractivity contribution in [2.45, 2.75) is 32.2 Å². The number of carbonyl (C=O) groups is 1. The van der Waals surface area contributed by atoms with Gasteiger partial charge in [-0.3, -0.25) is 0 Å². The maximum absolute atomic E-state index is 11.6. The fourth-order valence-corrected chi connectivity index (χ4v) is 2.69. The van der Waals surface area contributed by atoms with Gasteiger partial charge >= 0.3 is 5.97 Å². The first-order valence-electron chi connectivity index (χ1n) is 7.47. The molecule has 2 heterocycles. The van der Waals surface area contributed by atoms with Gasteiger partial charge in [-0.15, -0.1) is 0 Å². The van der Waals surface area contributed by atoms with Gasteiger partial charge in [0.25, 0.3) is 0 Å². The van der Waals surface area contributed by atoms with Crippen LogP contribution in [0.15, 0.2) is 12.3 Å². The number of nitrogens with two attached hydrogens (primary N) is 1. The number of piperidine rings is 1. The van der Waals surface area contributed by atoms with Gasteiger partial charge in [0.05, 0.1) is 18.4 Å². The number of nitrogens with one attached hydrogen (secondary N) is 1. The molecule has 1 aliphatic rings. The van der Waals surface area contributed by atoms with Crippen LogP contribution >= 0.6 is 0 Å². The number of pyridine rings is 1. The van der Waals surface area contributed by atoms with E-state index in [1.54, 1.807) is 12.3 Å². The van der Waals surface area contributed by atoms with E-state index in [9.17, 15) is 4.79 Å². The zero-order valence-corrected chi connectivity index (χ0v) is 12.8. The molecule has 0 saturated carbocycles. The molecule has 6 heteroatoms. The van der Waals surface area contributed by atoms with Crippen molar-refractivity contribution in [2.75, 3.05) is 37.8 Å². The van der Waals surface area contributed by atoms with Gasteiger partial charge in [-0.1, -0.05) is 6.92 Å². The van der Waals surface area contributed by atoms with Gasteiger partial charge in [-0.05, 0) is 31.9 Å². The van der Waals surface area contributed by atoms with Crippen LogP contribution < -0.4 is 11.1 Å². The van der Waals surface area contributed by atoms with E-state index in [0.717, 1.165) is 32.5 Å². The van der Waals surface area contributed by atoms with Gasteiger partial charge in [0.1, 0.15) is 5.82 Å². The monoisotopic (exact) mass is 292 g/mol. The van der Waals surface area contributed by atoms with E-state index in [4.69, 9.17) is 10.5 Å². The molecule has 0 spiro atoms. The van der Waals surface area contributed by atoms with Crippen molar-refractivity contribution in [3.8, 4) is 0 Å². The Balaban J connectivity index is 1.99. The van der Waals surface area contributed by atoms with Crippen molar-refractivity contribution >= 4 is 17.5 Å². The first kappa shape index (κ1) is 15.6. The fraction of sp³-hybridized carbons (Fsp3) is 0.600. The summed E-state index contributed by atoms with van der Waals surface area (Å²) in [6.07, 6.45) is 4.89. The van der Waals surface area contributed by atoms with Crippen LogP contribution in [0, 0.1) is 0 Å². The molecule has 0 amide bonds. The summed E-state index contributed by atoms with van der Waals surface area (Å²) >= 11 is 0. The Kier molecular flexibility index (Phi) is 5.38. The molecule has 21 heavy (non-hydrogen) atoms. The van der Waals surface area contributed by atoms with Gasteiger partial charge in [0, 0.05) is 25.3 Å². The van der Waals surface area contributed by atoms with Crippen LogP contribution in [0.2, 0.25) is 0 Å². The third-order valence-electron chi connectivity index (χ3n) is 3.86. The SMILES string of the molecule is CCCN1CCC(Nc2nccc(C(=O)OC)c2N)CC1. The third kappa shape index (κ3) is 3.85. The zero-order chi connectivity index (χ0) is 15.2. The molecule has 1 aromatic heterocycles. The second kappa shape index (κ2) is 7.26. The number of esters is 1. The number of nitrogens with zero attached hydrogens (tertiary/aromatic N) is 2. The molecule has 0 radical (unpaired) electrons. The summed E-state index contributed by atoms with van der Waals surface area (Å²) in [7, 11) is 1.35. The highest BCUT2D eigenvalue weighted by atomic mass is 16.5. The molecule has 0 bridgehead atoms. The van der Waals surface area contributed by atoms with E-state index in [-0.39, 0.29) is 0 Å². The number of carbonyl (C=O) groups excluding carboxylic acids is 1. The minimum Gasteiger partial charge on any atom is -0.465 e. The lowest BCUT2D eigenvalue weighted by Gasteiger charge is -2.32. The van der Waals surface area contributed by atoms with Crippen LogP contribution in [0.3, 0.4) is 0 Å². The summed E-state index contributed by atoms with van der Waals surface area (Å²) in [4.78, 5) is 18.3. The fourth-order valence-electron chi connectivity index (χ4n) is 2.69. The quantitative estimate of drug-likeness (QED) is 0.805. The number of rotatable bonds is 5. The highest BCUT2D eigenvalue weighted by Gasteiger charge is 2.21. The van der Waals surface area contributed by atoms with E-state index in [1.165, 1.54) is 13.5 Å². The Morgan fingerprint density at radius 2 is 2.24 bits per heavy atom. The van der Waals surface area contributed by atoms with Gasteiger partial charge < -0.3 is 20.7 Å². The van der Waals surface area contributed by atoms with E-state index in [0.29, 0.717) is 23.1 Å². The average Bonchev–Trinajstić information content (AvgIpc) is 2.51. The van der Waals surface area contributed by atoms with Crippen molar-refractivity contribution in [1.82, 2.24) is 9.88 Å². The second-order valence-corrected chi connectivity index (χ2v) is 5.37. The maximum Gasteiger partial charge on any atom is 0.340 e. The van der Waals surface area contributed by atoms with E-state index >= 15 is 0 Å². The smallest absolute Gasteiger partial charge is 0.340 e. The largest absolute Gasteiger partial charge is 0.465 e. The van der Waals surface area contributed by atoms with E-state index < -0.39 is 5.97 Å². The number of likely N-dealkylation sites (tertiary alicyclic amines) is 1. The van der Waals surface area contributed by atoms with E-state index in [2.05, 4.69) is 22.1 Å². The van der Waals surface area contributed by atoms with Crippen LogP contribution in [0.25, 0.3) is 0 Å². The molecule has 0 aliphatic carbocycles. The van der Waals surface area contributed by atoms with Gasteiger partial charge in [-0.25, -0.2) is 9.78 Å². The van der Waals surface area contributed by atoms with Crippen molar-refractivity contribution in [2.24, 2.45) is 0 Å². The minimum atomic E-state index is -0.435. The standard InChI is InChI=1S/C15H24N4O2/c1-3-8-19-9-5-11(6-10-19)18-14-13(16)12(4-7-17-14)15(20)21-2/h4,7,11H,3,5-6,8-10,16H2,1-2H3,(H,17,18). The Bertz CT molecular complexity index is 485. The number of ether oxygens (including phenoxy) is 1. The average molecular weight is 292 g/mol. The van der Waals surface area contributed by atoms with Crippen LogP contribution in [0.4, 0.5) is 11.5 Å². The maximum atomic E-state index is 11.6. The predicted octanol–water partition coefficient (Wildman–Crippen LogP) is 1.74. The van der Waals surface area contributed by atoms with Crippen LogP contribution in [0.5, 0.6) is 0 Å². The summed E-state index contributed by atoms with van der Waals surface area (Å²) < 4.78 is 4.72. The lowest BCUT2D eigenvalue weighted by atomic mass is 10.0. The number of hydrogen-bond donors (Lipinski definition) is 2. The third-order valence-corrected chi connectivity index (χ3v) is 3.86. The van der Waals surface area contributed by atoms with Gasteiger partial charge in [0.15, 0.2) is 0 Å². The first-order chi connectivity index (χ1) is 10.2. The van der Waals surface area contributed by atoms with Crippen molar-refractivity contribution < 1.29 is 9.53 Å². The Labute approximate surface area is 125 Å². The number of hydrogen-bond acceptors (Lipinski definition) is 6. The molecular formula is C15H24N4O2. The van der Waals surface area contributed by atoms with Gasteiger partial charge in [-0.2, -0.15) is 0 Å². The van der Waals surface area contributed by atoms with Crippen molar-refractivity contribution in [3.05, 3.63) is 17.8 Å². The summed E-state index contributed by atoms with van der Waals surface area (Å²) in [6.45, 7) is 5.53. The normalized spacial score (nSPS) is 16.7. The lowest BCUT2D eigenvalue weighted by Crippen LogP contribution is -2.39. The molecule has 1 fully saturated rings. The first-order valence-corrected chi connectivity index (χ1v) is 7.47. The summed E-state index contributed by atoms with van der Waals surface area (Å²) in [6, 6.07) is 1.93. The lowest BCUT2D eigenvalue weighted by molar-refractivity contribution is 0.0602. The Hall–Kier alpha value is -1.82. The molecule has 116 valence electrons. The Morgan fingerprint density at radius 1 is 1.52 bits per heavy atom. The van der Waals surface area contributed by atoms with Crippen LogP contribution in [0.1, 0.15) is 36.5 Å². The number of anilines is 2. The number of nitrogen functional groups attached to an aromatic ring is 1. The predicted molar refractivity (Wildman–Crippen MR) is 83.4 cm³/mol. The van der Waals surface area contributed by atoms with E-state index in [1.807, 2.05) is 0 Å². The summed E-state index contributed by atoms with van der Waals surface area (Å²) in [5.74, 6) is 0.141. The molecule has 1 aliphatic heterocycles. The second-order valence-electron chi connectivity index (χ2n) is 5.37. The molecule has 2 rings (SSSR count). The molecule has 0 unspecified atom stereocenters. The molecular weight excluding hydrogens is 268 g/mol. The van der Waals surface area contributed by atoms with Crippen LogP contribution in [-0.4, -0.2) is 48.6 Å². The van der Waals surface area contributed by atoms with Crippen molar-refractivity contribution in [3.63, 3.8) is 0 Å².